The fourth-order valence-electron chi connectivity index (χ4n) is 1.87. The second-order valence-corrected chi connectivity index (χ2v) is 5.04. The van der Waals surface area contributed by atoms with Gasteiger partial charge in [-0.25, -0.2) is 4.79 Å². The van der Waals surface area contributed by atoms with Gasteiger partial charge in [-0.3, -0.25) is 0 Å². The number of carbonyl (C=O) groups is 1. The first-order chi connectivity index (χ1) is 10.1. The minimum Gasteiger partial charge on any atom is -0.388 e. The first-order valence-corrected chi connectivity index (χ1v) is 7.06. The van der Waals surface area contributed by atoms with E-state index in [-0.39, 0.29) is 6.03 Å². The number of halogens is 1. The molecule has 0 heterocycles. The van der Waals surface area contributed by atoms with E-state index >= 15 is 0 Å². The van der Waals surface area contributed by atoms with Gasteiger partial charge in [0.15, 0.2) is 0 Å². The third-order valence-corrected chi connectivity index (χ3v) is 3.24. The van der Waals surface area contributed by atoms with Crippen LogP contribution in [0.2, 0.25) is 5.02 Å². The normalized spacial score (nSPS) is 11.7. The van der Waals surface area contributed by atoms with Gasteiger partial charge in [-0.05, 0) is 36.2 Å². The van der Waals surface area contributed by atoms with Gasteiger partial charge in [0.1, 0.15) is 0 Å². The fourth-order valence-corrected chi connectivity index (χ4v) is 2.00. The molecule has 2 rings (SSSR count). The summed E-state index contributed by atoms with van der Waals surface area (Å²) in [5.74, 6) is 0. The van der Waals surface area contributed by atoms with Gasteiger partial charge in [0.25, 0.3) is 0 Å². The topological polar surface area (TPSA) is 61.4 Å². The molecule has 0 aliphatic heterocycles. The molecule has 5 heteroatoms. The predicted octanol–water partition coefficient (Wildman–Crippen LogP) is 3.59. The number of benzene rings is 2. The van der Waals surface area contributed by atoms with E-state index in [0.717, 1.165) is 5.56 Å². The lowest BCUT2D eigenvalue weighted by Crippen LogP contribution is -2.30. The van der Waals surface area contributed by atoms with Gasteiger partial charge >= 0.3 is 6.03 Å². The molecular formula is C16H17ClN2O2. The molecule has 110 valence electrons. The number of rotatable bonds is 5. The highest BCUT2D eigenvalue weighted by Crippen LogP contribution is 2.15. The van der Waals surface area contributed by atoms with Crippen LogP contribution in [0.4, 0.5) is 10.5 Å². The van der Waals surface area contributed by atoms with Gasteiger partial charge in [0.05, 0.1) is 6.10 Å². The van der Waals surface area contributed by atoms with Crippen LogP contribution in [0.1, 0.15) is 18.1 Å². The van der Waals surface area contributed by atoms with Crippen LogP contribution in [-0.2, 0) is 0 Å². The van der Waals surface area contributed by atoms with Gasteiger partial charge in [0.2, 0.25) is 0 Å². The molecule has 2 aromatic rings. The van der Waals surface area contributed by atoms with Crippen molar-refractivity contribution < 1.29 is 9.90 Å². The molecule has 0 spiro atoms. The van der Waals surface area contributed by atoms with Crippen LogP contribution >= 0.6 is 11.6 Å². The second-order valence-electron chi connectivity index (χ2n) is 4.60. The molecule has 1 atom stereocenters. The summed E-state index contributed by atoms with van der Waals surface area (Å²) in [5.41, 5.74) is 1.51. The highest BCUT2D eigenvalue weighted by molar-refractivity contribution is 6.30. The highest BCUT2D eigenvalue weighted by Gasteiger charge is 2.07. The zero-order valence-electron chi connectivity index (χ0n) is 11.4. The quantitative estimate of drug-likeness (QED) is 0.790. The van der Waals surface area contributed by atoms with Crippen molar-refractivity contribution in [1.82, 2.24) is 5.32 Å². The molecule has 0 saturated heterocycles. The lowest BCUT2D eigenvalue weighted by Gasteiger charge is -2.12. The summed E-state index contributed by atoms with van der Waals surface area (Å²) in [6, 6.07) is 15.9. The number of carbonyl (C=O) groups excluding carboxylic acids is 1. The van der Waals surface area contributed by atoms with Crippen molar-refractivity contribution in [3.63, 3.8) is 0 Å². The Balaban J connectivity index is 1.73. The zero-order valence-corrected chi connectivity index (χ0v) is 12.2. The smallest absolute Gasteiger partial charge is 0.319 e. The number of hydrogen-bond acceptors (Lipinski definition) is 2. The van der Waals surface area contributed by atoms with Gasteiger partial charge in [0, 0.05) is 17.3 Å². The Bertz CT molecular complexity index is 573. The second kappa shape index (κ2) is 7.67. The van der Waals surface area contributed by atoms with E-state index in [1.165, 1.54) is 0 Å². The maximum absolute atomic E-state index is 11.7. The van der Waals surface area contributed by atoms with E-state index in [1.807, 2.05) is 30.3 Å². The van der Waals surface area contributed by atoms with Crippen LogP contribution in [0.5, 0.6) is 0 Å². The Kier molecular flexibility index (Phi) is 5.60. The average molecular weight is 305 g/mol. The molecule has 3 N–H and O–H groups in total. The van der Waals surface area contributed by atoms with Crippen molar-refractivity contribution in [2.45, 2.75) is 12.5 Å². The van der Waals surface area contributed by atoms with Crippen molar-refractivity contribution in [3.8, 4) is 0 Å². The van der Waals surface area contributed by atoms with E-state index in [0.29, 0.717) is 23.7 Å². The molecule has 21 heavy (non-hydrogen) atoms. The zero-order chi connectivity index (χ0) is 15.1. The van der Waals surface area contributed by atoms with Crippen LogP contribution in [-0.4, -0.2) is 17.7 Å². The van der Waals surface area contributed by atoms with Crippen molar-refractivity contribution in [1.29, 1.82) is 0 Å². The lowest BCUT2D eigenvalue weighted by atomic mass is 10.1. The SMILES string of the molecule is O=C(NCCC(O)c1ccccc1)Nc1ccc(Cl)cc1. The van der Waals surface area contributed by atoms with Gasteiger partial charge < -0.3 is 15.7 Å². The Hall–Kier alpha value is -2.04. The first-order valence-electron chi connectivity index (χ1n) is 6.68. The monoisotopic (exact) mass is 304 g/mol. The van der Waals surface area contributed by atoms with E-state index in [4.69, 9.17) is 11.6 Å². The van der Waals surface area contributed by atoms with Gasteiger partial charge in [-0.1, -0.05) is 41.9 Å². The van der Waals surface area contributed by atoms with Crippen molar-refractivity contribution in [3.05, 3.63) is 65.2 Å². The summed E-state index contributed by atoms with van der Waals surface area (Å²) in [6.45, 7) is 0.384. The summed E-state index contributed by atoms with van der Waals surface area (Å²) in [7, 11) is 0. The molecule has 4 nitrogen and oxygen atoms in total. The van der Waals surface area contributed by atoms with Crippen molar-refractivity contribution >= 4 is 23.3 Å². The molecule has 1 unspecified atom stereocenters. The van der Waals surface area contributed by atoms with E-state index in [2.05, 4.69) is 10.6 Å². The molecule has 0 aliphatic rings. The third-order valence-electron chi connectivity index (χ3n) is 2.99. The maximum atomic E-state index is 11.7. The number of aliphatic hydroxyl groups is 1. The third kappa shape index (κ3) is 5.10. The minimum atomic E-state index is -0.581. The molecule has 0 bridgehead atoms. The minimum absolute atomic E-state index is 0.308. The Morgan fingerprint density at radius 2 is 1.76 bits per heavy atom. The molecule has 0 aromatic heterocycles. The van der Waals surface area contributed by atoms with E-state index in [1.54, 1.807) is 24.3 Å². The lowest BCUT2D eigenvalue weighted by molar-refractivity contribution is 0.167. The molecule has 2 aromatic carbocycles. The summed E-state index contributed by atoms with van der Waals surface area (Å²) in [5, 5.41) is 16.0. The molecule has 0 fully saturated rings. The summed E-state index contributed by atoms with van der Waals surface area (Å²) in [6.07, 6.45) is -0.125. The fraction of sp³-hybridized carbons (Fsp3) is 0.188. The Morgan fingerprint density at radius 3 is 2.43 bits per heavy atom. The van der Waals surface area contributed by atoms with Crippen LogP contribution in [0, 0.1) is 0 Å². The number of aliphatic hydroxyl groups excluding tert-OH is 1. The first kappa shape index (κ1) is 15.4. The maximum Gasteiger partial charge on any atom is 0.319 e. The van der Waals surface area contributed by atoms with E-state index < -0.39 is 6.10 Å². The molecular weight excluding hydrogens is 288 g/mol. The van der Waals surface area contributed by atoms with Gasteiger partial charge in [-0.15, -0.1) is 0 Å². The molecule has 0 radical (unpaired) electrons. The van der Waals surface area contributed by atoms with Gasteiger partial charge in [-0.2, -0.15) is 0 Å². The van der Waals surface area contributed by atoms with Crippen LogP contribution < -0.4 is 10.6 Å². The number of hydrogen-bond donors (Lipinski definition) is 3. The largest absolute Gasteiger partial charge is 0.388 e. The molecule has 0 saturated carbocycles. The Morgan fingerprint density at radius 1 is 1.10 bits per heavy atom. The number of anilines is 1. The van der Waals surface area contributed by atoms with Crippen LogP contribution in [0.15, 0.2) is 54.6 Å². The number of nitrogens with one attached hydrogen (secondary N) is 2. The summed E-state index contributed by atoms with van der Waals surface area (Å²) in [4.78, 5) is 11.7. The Labute approximate surface area is 128 Å². The standard InChI is InChI=1S/C16H17ClN2O2/c17-13-6-8-14(9-7-13)19-16(21)18-11-10-15(20)12-4-2-1-3-5-12/h1-9,15,20H,10-11H2,(H2,18,19,21). The highest BCUT2D eigenvalue weighted by atomic mass is 35.5. The van der Waals surface area contributed by atoms with E-state index in [9.17, 15) is 9.90 Å². The molecule has 0 aliphatic carbocycles. The average Bonchev–Trinajstić information content (AvgIpc) is 2.50. The van der Waals surface area contributed by atoms with Crippen LogP contribution in [0.3, 0.4) is 0 Å². The van der Waals surface area contributed by atoms with Crippen molar-refractivity contribution in [2.75, 3.05) is 11.9 Å². The number of amides is 2. The molecule has 2 amide bonds. The predicted molar refractivity (Wildman–Crippen MR) is 84.5 cm³/mol. The number of urea groups is 1. The van der Waals surface area contributed by atoms with Crippen LogP contribution in [0.25, 0.3) is 0 Å². The summed E-state index contributed by atoms with van der Waals surface area (Å²) >= 11 is 5.77. The van der Waals surface area contributed by atoms with Crippen molar-refractivity contribution in [2.24, 2.45) is 0 Å². The summed E-state index contributed by atoms with van der Waals surface area (Å²) < 4.78 is 0.